The molecule has 5 rings (SSSR count). The summed E-state index contributed by atoms with van der Waals surface area (Å²) in [6.45, 7) is 0. The fourth-order valence-corrected chi connectivity index (χ4v) is 3.02. The molecule has 0 saturated carbocycles. The van der Waals surface area contributed by atoms with E-state index in [-0.39, 0.29) is 5.56 Å². The van der Waals surface area contributed by atoms with Gasteiger partial charge in [-0.1, -0.05) is 0 Å². The number of aromatic nitrogens is 8. The summed E-state index contributed by atoms with van der Waals surface area (Å²) in [5.41, 5.74) is 3.18. The fraction of sp³-hybridized carbons (Fsp3) is 0.0556. The van der Waals surface area contributed by atoms with Gasteiger partial charge in [-0.05, 0) is 18.2 Å². The SMILES string of the molecule is Cn1cc(-n2ccc3nc(Nc4cnn(-c5ccncc5)c4)[nH]c(=O)c32)cn1. The van der Waals surface area contributed by atoms with Gasteiger partial charge in [0.05, 0.1) is 41.2 Å². The highest BCUT2D eigenvalue weighted by Gasteiger charge is 2.12. The first-order valence-corrected chi connectivity index (χ1v) is 8.50. The molecule has 0 unspecified atom stereocenters. The quantitative estimate of drug-likeness (QED) is 0.497. The lowest BCUT2D eigenvalue weighted by atomic mass is 10.4. The van der Waals surface area contributed by atoms with Crippen LogP contribution in [0.15, 0.2) is 66.4 Å². The molecule has 0 saturated heterocycles. The molecule has 0 atom stereocenters. The van der Waals surface area contributed by atoms with E-state index in [1.807, 2.05) is 25.4 Å². The molecule has 2 N–H and O–H groups in total. The number of nitrogens with one attached hydrogen (secondary N) is 2. The molecule has 0 fully saturated rings. The number of hydrogen-bond acceptors (Lipinski definition) is 6. The zero-order valence-corrected chi connectivity index (χ0v) is 14.8. The zero-order chi connectivity index (χ0) is 19.1. The van der Waals surface area contributed by atoms with Crippen molar-refractivity contribution < 1.29 is 0 Å². The van der Waals surface area contributed by atoms with Crippen LogP contribution in [-0.4, -0.2) is 39.1 Å². The van der Waals surface area contributed by atoms with Crippen LogP contribution < -0.4 is 10.9 Å². The molecule has 5 aromatic heterocycles. The van der Waals surface area contributed by atoms with Crippen molar-refractivity contribution in [2.24, 2.45) is 7.05 Å². The number of aromatic amines is 1. The summed E-state index contributed by atoms with van der Waals surface area (Å²) in [6.07, 6.45) is 12.2. The molecule has 0 aliphatic heterocycles. The van der Waals surface area contributed by atoms with Crippen LogP contribution in [0, 0.1) is 0 Å². The van der Waals surface area contributed by atoms with Crippen LogP contribution in [0.2, 0.25) is 0 Å². The highest BCUT2D eigenvalue weighted by Crippen LogP contribution is 2.18. The van der Waals surface area contributed by atoms with E-state index in [0.29, 0.717) is 22.7 Å². The zero-order valence-electron chi connectivity index (χ0n) is 14.8. The number of rotatable bonds is 4. The molecule has 0 bridgehead atoms. The lowest BCUT2D eigenvalue weighted by Gasteiger charge is -2.04. The van der Waals surface area contributed by atoms with E-state index in [2.05, 4.69) is 30.5 Å². The van der Waals surface area contributed by atoms with Gasteiger partial charge in [-0.15, -0.1) is 0 Å². The average Bonchev–Trinajstić information content (AvgIpc) is 3.42. The number of H-pyrrole nitrogens is 1. The fourth-order valence-electron chi connectivity index (χ4n) is 3.02. The summed E-state index contributed by atoms with van der Waals surface area (Å²) in [7, 11) is 1.83. The lowest BCUT2D eigenvalue weighted by Crippen LogP contribution is -2.13. The Kier molecular flexibility index (Phi) is 3.54. The van der Waals surface area contributed by atoms with Crippen molar-refractivity contribution in [1.29, 1.82) is 0 Å². The van der Waals surface area contributed by atoms with E-state index < -0.39 is 0 Å². The van der Waals surface area contributed by atoms with Gasteiger partial charge in [0.25, 0.3) is 5.56 Å². The van der Waals surface area contributed by atoms with Crippen LogP contribution in [0.4, 0.5) is 11.6 Å². The number of anilines is 2. The minimum atomic E-state index is -0.247. The van der Waals surface area contributed by atoms with Crippen LogP contribution >= 0.6 is 0 Å². The molecular weight excluding hydrogens is 358 g/mol. The first-order chi connectivity index (χ1) is 13.7. The van der Waals surface area contributed by atoms with Crippen molar-refractivity contribution in [2.45, 2.75) is 0 Å². The smallest absolute Gasteiger partial charge is 0.277 e. The van der Waals surface area contributed by atoms with Crippen molar-refractivity contribution in [3.05, 3.63) is 71.9 Å². The second kappa shape index (κ2) is 6.20. The number of aryl methyl sites for hydroxylation is 1. The maximum atomic E-state index is 12.7. The number of fused-ring (bicyclic) bond motifs is 1. The summed E-state index contributed by atoms with van der Waals surface area (Å²) < 4.78 is 5.15. The third kappa shape index (κ3) is 2.72. The second-order valence-corrected chi connectivity index (χ2v) is 6.21. The molecule has 0 amide bonds. The Morgan fingerprint density at radius 2 is 1.89 bits per heavy atom. The van der Waals surface area contributed by atoms with Gasteiger partial charge in [0.1, 0.15) is 5.52 Å². The molecule has 0 aliphatic carbocycles. The molecule has 5 aromatic rings. The highest BCUT2D eigenvalue weighted by molar-refractivity contribution is 5.78. The molecule has 138 valence electrons. The summed E-state index contributed by atoms with van der Waals surface area (Å²) >= 11 is 0. The summed E-state index contributed by atoms with van der Waals surface area (Å²) in [5.74, 6) is 0.343. The van der Waals surface area contributed by atoms with Gasteiger partial charge in [0.15, 0.2) is 0 Å². The van der Waals surface area contributed by atoms with E-state index in [1.54, 1.807) is 57.2 Å². The number of nitrogens with zero attached hydrogens (tertiary/aromatic N) is 7. The molecule has 5 heterocycles. The largest absolute Gasteiger partial charge is 0.323 e. The molecule has 0 radical (unpaired) electrons. The first kappa shape index (κ1) is 16.0. The molecule has 10 nitrogen and oxygen atoms in total. The third-order valence-electron chi connectivity index (χ3n) is 4.29. The minimum absolute atomic E-state index is 0.247. The topological polar surface area (TPSA) is 111 Å². The average molecular weight is 373 g/mol. The Morgan fingerprint density at radius 3 is 2.68 bits per heavy atom. The number of pyridine rings is 1. The molecule has 28 heavy (non-hydrogen) atoms. The second-order valence-electron chi connectivity index (χ2n) is 6.21. The molecular formula is C18H15N9O. The van der Waals surface area contributed by atoms with Crippen LogP contribution in [-0.2, 0) is 7.05 Å². The van der Waals surface area contributed by atoms with Gasteiger partial charge in [0, 0.05) is 31.8 Å². The van der Waals surface area contributed by atoms with E-state index in [9.17, 15) is 4.79 Å². The van der Waals surface area contributed by atoms with Gasteiger partial charge in [-0.3, -0.25) is 19.4 Å². The molecule has 0 aliphatic rings. The van der Waals surface area contributed by atoms with Gasteiger partial charge < -0.3 is 9.88 Å². The third-order valence-corrected chi connectivity index (χ3v) is 4.29. The standard InChI is InChI=1S/C18H15N9O/c1-25-11-14(9-20-25)26-7-4-15-16(26)17(28)24-18(23-15)22-12-8-21-27(10-12)13-2-5-19-6-3-13/h2-11H,1H3,(H2,22,23,24,28). The monoisotopic (exact) mass is 373 g/mol. The Bertz CT molecular complexity index is 1330. The first-order valence-electron chi connectivity index (χ1n) is 8.50. The Morgan fingerprint density at radius 1 is 1.04 bits per heavy atom. The van der Waals surface area contributed by atoms with Crippen LogP contribution in [0.3, 0.4) is 0 Å². The molecule has 0 spiro atoms. The van der Waals surface area contributed by atoms with Crippen LogP contribution in [0.1, 0.15) is 0 Å². The number of hydrogen-bond donors (Lipinski definition) is 2. The maximum absolute atomic E-state index is 12.7. The summed E-state index contributed by atoms with van der Waals surface area (Å²) in [5, 5.41) is 11.5. The van der Waals surface area contributed by atoms with Crippen molar-refractivity contribution in [3.63, 3.8) is 0 Å². The molecule has 10 heteroatoms. The Labute approximate surface area is 158 Å². The van der Waals surface area contributed by atoms with Gasteiger partial charge in [-0.25, -0.2) is 9.67 Å². The van der Waals surface area contributed by atoms with E-state index >= 15 is 0 Å². The normalized spacial score (nSPS) is 11.2. The van der Waals surface area contributed by atoms with Crippen molar-refractivity contribution >= 4 is 22.7 Å². The van der Waals surface area contributed by atoms with E-state index in [1.165, 1.54) is 0 Å². The van der Waals surface area contributed by atoms with Gasteiger partial charge in [0.2, 0.25) is 5.95 Å². The van der Waals surface area contributed by atoms with Crippen molar-refractivity contribution in [2.75, 3.05) is 5.32 Å². The van der Waals surface area contributed by atoms with Crippen molar-refractivity contribution in [3.8, 4) is 11.4 Å². The Hall–Kier alpha value is -4.21. The molecule has 0 aromatic carbocycles. The van der Waals surface area contributed by atoms with Crippen LogP contribution in [0.5, 0.6) is 0 Å². The van der Waals surface area contributed by atoms with Crippen molar-refractivity contribution in [1.82, 2.24) is 39.1 Å². The summed E-state index contributed by atoms with van der Waals surface area (Å²) in [6, 6.07) is 5.50. The Balaban J connectivity index is 1.48. The highest BCUT2D eigenvalue weighted by atomic mass is 16.1. The van der Waals surface area contributed by atoms with Crippen LogP contribution in [0.25, 0.3) is 22.4 Å². The summed E-state index contributed by atoms with van der Waals surface area (Å²) in [4.78, 5) is 23.9. The van der Waals surface area contributed by atoms with Gasteiger partial charge >= 0.3 is 0 Å². The van der Waals surface area contributed by atoms with E-state index in [0.717, 1.165) is 11.4 Å². The minimum Gasteiger partial charge on any atom is -0.323 e. The lowest BCUT2D eigenvalue weighted by molar-refractivity contribution is 0.767. The predicted molar refractivity (Wildman–Crippen MR) is 103 cm³/mol. The van der Waals surface area contributed by atoms with E-state index in [4.69, 9.17) is 0 Å². The maximum Gasteiger partial charge on any atom is 0.277 e. The predicted octanol–water partition coefficient (Wildman–Crippen LogP) is 1.77. The van der Waals surface area contributed by atoms with Gasteiger partial charge in [-0.2, -0.15) is 10.2 Å².